The van der Waals surface area contributed by atoms with E-state index in [2.05, 4.69) is 15.5 Å². The molecule has 1 fully saturated rings. The Kier molecular flexibility index (Phi) is 4.86. The normalized spacial score (nSPS) is 20.1. The number of hydrogen-bond acceptors (Lipinski definition) is 7. The van der Waals surface area contributed by atoms with E-state index in [1.807, 2.05) is 0 Å². The summed E-state index contributed by atoms with van der Waals surface area (Å²) in [5.41, 5.74) is 5.61. The Bertz CT molecular complexity index is 657. The molecule has 1 aliphatic heterocycles. The summed E-state index contributed by atoms with van der Waals surface area (Å²) in [6.45, 7) is 1.97. The number of piperidine rings is 1. The molecular weight excluding hydrogens is 334 g/mol. The first-order valence-corrected chi connectivity index (χ1v) is 8.87. The van der Waals surface area contributed by atoms with Crippen LogP contribution in [0.4, 0.5) is 5.13 Å². The summed E-state index contributed by atoms with van der Waals surface area (Å²) < 4.78 is 26.2. The molecule has 116 valence electrons. The van der Waals surface area contributed by atoms with Crippen LogP contribution in [0.25, 0.3) is 0 Å². The van der Waals surface area contributed by atoms with E-state index in [0.717, 1.165) is 17.8 Å². The van der Waals surface area contributed by atoms with Gasteiger partial charge in [-0.3, -0.25) is 4.79 Å². The number of thiocarbonyl (C=S) groups is 1. The molecule has 1 aliphatic rings. The van der Waals surface area contributed by atoms with Crippen LogP contribution < -0.4 is 11.1 Å². The van der Waals surface area contributed by atoms with E-state index in [0.29, 0.717) is 18.0 Å². The van der Waals surface area contributed by atoms with Crippen LogP contribution in [0.2, 0.25) is 0 Å². The minimum absolute atomic E-state index is 0.119. The summed E-state index contributed by atoms with van der Waals surface area (Å²) in [6.07, 6.45) is 1.48. The summed E-state index contributed by atoms with van der Waals surface area (Å²) in [5.74, 6) is -0.451. The predicted molar refractivity (Wildman–Crippen MR) is 82.5 cm³/mol. The van der Waals surface area contributed by atoms with Gasteiger partial charge in [-0.05, 0) is 12.8 Å². The van der Waals surface area contributed by atoms with Crippen molar-refractivity contribution in [3.63, 3.8) is 0 Å². The lowest BCUT2D eigenvalue weighted by atomic mass is 10.0. The molecule has 1 amide bonds. The number of nitrogens with two attached hydrogens (primary N) is 1. The lowest BCUT2D eigenvalue weighted by Gasteiger charge is -2.30. The minimum atomic E-state index is -3.73. The zero-order chi connectivity index (χ0) is 15.6. The van der Waals surface area contributed by atoms with Crippen LogP contribution in [-0.4, -0.2) is 46.9 Å². The lowest BCUT2D eigenvalue weighted by molar-refractivity contribution is -0.114. The van der Waals surface area contributed by atoms with Crippen molar-refractivity contribution in [3.8, 4) is 0 Å². The molecule has 21 heavy (non-hydrogen) atoms. The highest BCUT2D eigenvalue weighted by Gasteiger charge is 2.33. The Morgan fingerprint density at radius 1 is 1.52 bits per heavy atom. The van der Waals surface area contributed by atoms with Crippen molar-refractivity contribution in [2.75, 3.05) is 18.4 Å². The Morgan fingerprint density at radius 2 is 2.24 bits per heavy atom. The number of sulfonamides is 1. The molecule has 11 heteroatoms. The van der Waals surface area contributed by atoms with E-state index >= 15 is 0 Å². The third kappa shape index (κ3) is 3.73. The molecule has 1 saturated heterocycles. The smallest absolute Gasteiger partial charge is 0.272 e. The van der Waals surface area contributed by atoms with Gasteiger partial charge in [-0.15, -0.1) is 10.2 Å². The van der Waals surface area contributed by atoms with E-state index in [-0.39, 0.29) is 27.8 Å². The first kappa shape index (κ1) is 16.2. The van der Waals surface area contributed by atoms with Gasteiger partial charge in [0.25, 0.3) is 10.0 Å². The number of hydrogen-bond donors (Lipinski definition) is 2. The number of amides is 1. The van der Waals surface area contributed by atoms with Crippen LogP contribution in [0.5, 0.6) is 0 Å². The lowest BCUT2D eigenvalue weighted by Crippen LogP contribution is -2.43. The fraction of sp³-hybridized carbons (Fsp3) is 0.600. The number of carbonyl (C=O) groups excluding carboxylic acids is 1. The van der Waals surface area contributed by atoms with Crippen molar-refractivity contribution in [1.29, 1.82) is 0 Å². The molecule has 0 spiro atoms. The SMILES string of the molecule is CC(=O)Nc1nnc(S(=O)(=O)N2CCCC(C(N)=S)C2)s1. The molecule has 1 atom stereocenters. The van der Waals surface area contributed by atoms with E-state index < -0.39 is 10.0 Å². The molecule has 1 aromatic heterocycles. The molecule has 0 saturated carbocycles. The monoisotopic (exact) mass is 349 g/mol. The molecule has 1 aromatic rings. The van der Waals surface area contributed by atoms with Gasteiger partial charge in [-0.2, -0.15) is 4.31 Å². The fourth-order valence-electron chi connectivity index (χ4n) is 2.02. The molecule has 2 rings (SSSR count). The molecule has 0 radical (unpaired) electrons. The van der Waals surface area contributed by atoms with Crippen LogP contribution in [0, 0.1) is 5.92 Å². The molecule has 0 bridgehead atoms. The number of anilines is 1. The average molecular weight is 349 g/mol. The van der Waals surface area contributed by atoms with Gasteiger partial charge < -0.3 is 11.1 Å². The maximum atomic E-state index is 12.5. The van der Waals surface area contributed by atoms with Crippen molar-refractivity contribution in [2.24, 2.45) is 11.7 Å². The van der Waals surface area contributed by atoms with E-state index in [4.69, 9.17) is 18.0 Å². The Morgan fingerprint density at radius 3 is 2.86 bits per heavy atom. The van der Waals surface area contributed by atoms with Gasteiger partial charge in [-0.1, -0.05) is 23.6 Å². The first-order valence-electron chi connectivity index (χ1n) is 6.21. The quantitative estimate of drug-likeness (QED) is 0.588. The minimum Gasteiger partial charge on any atom is -0.393 e. The molecule has 0 aromatic carbocycles. The Hall–Kier alpha value is -1.17. The molecule has 0 aliphatic carbocycles. The van der Waals surface area contributed by atoms with Crippen LogP contribution >= 0.6 is 23.6 Å². The zero-order valence-corrected chi connectivity index (χ0v) is 13.7. The summed E-state index contributed by atoms with van der Waals surface area (Å²) in [6, 6.07) is 0. The average Bonchev–Trinajstić information content (AvgIpc) is 2.87. The third-order valence-electron chi connectivity index (χ3n) is 3.04. The zero-order valence-electron chi connectivity index (χ0n) is 11.3. The van der Waals surface area contributed by atoms with Gasteiger partial charge in [0, 0.05) is 25.9 Å². The summed E-state index contributed by atoms with van der Waals surface area (Å²) in [5, 5.41) is 9.86. The van der Waals surface area contributed by atoms with Gasteiger partial charge in [0.05, 0.1) is 4.99 Å². The predicted octanol–water partition coefficient (Wildman–Crippen LogP) is 0.183. The second kappa shape index (κ2) is 6.30. The standard InChI is InChI=1S/C10H15N5O3S3/c1-6(16)12-9-13-14-10(20-9)21(17,18)15-4-2-3-7(5-15)8(11)19/h7H,2-5H2,1H3,(H2,11,19)(H,12,13,16). The molecule has 8 nitrogen and oxygen atoms in total. The highest BCUT2D eigenvalue weighted by Crippen LogP contribution is 2.27. The van der Waals surface area contributed by atoms with Gasteiger partial charge in [0.15, 0.2) is 0 Å². The van der Waals surface area contributed by atoms with Crippen LogP contribution in [0.1, 0.15) is 19.8 Å². The van der Waals surface area contributed by atoms with Crippen molar-refractivity contribution in [1.82, 2.24) is 14.5 Å². The van der Waals surface area contributed by atoms with Crippen LogP contribution in [0.15, 0.2) is 4.34 Å². The van der Waals surface area contributed by atoms with Crippen molar-refractivity contribution >= 4 is 49.6 Å². The third-order valence-corrected chi connectivity index (χ3v) is 6.42. The van der Waals surface area contributed by atoms with Gasteiger partial charge in [0.2, 0.25) is 15.4 Å². The van der Waals surface area contributed by atoms with E-state index in [9.17, 15) is 13.2 Å². The number of carbonyl (C=O) groups is 1. The topological polar surface area (TPSA) is 118 Å². The van der Waals surface area contributed by atoms with Gasteiger partial charge >= 0.3 is 0 Å². The molecule has 1 unspecified atom stereocenters. The highest BCUT2D eigenvalue weighted by atomic mass is 32.2. The van der Waals surface area contributed by atoms with Gasteiger partial charge in [-0.25, -0.2) is 8.42 Å². The number of rotatable bonds is 4. The molecular formula is C10H15N5O3S3. The van der Waals surface area contributed by atoms with Crippen LogP contribution in [-0.2, 0) is 14.8 Å². The Labute approximate surface area is 131 Å². The Balaban J connectivity index is 2.19. The number of nitrogens with zero attached hydrogens (tertiary/aromatic N) is 3. The second-order valence-electron chi connectivity index (χ2n) is 4.66. The highest BCUT2D eigenvalue weighted by molar-refractivity contribution is 7.91. The summed E-state index contributed by atoms with van der Waals surface area (Å²) in [4.78, 5) is 11.3. The maximum Gasteiger partial charge on any atom is 0.272 e. The van der Waals surface area contributed by atoms with Crippen molar-refractivity contribution < 1.29 is 13.2 Å². The van der Waals surface area contributed by atoms with E-state index in [1.165, 1.54) is 11.2 Å². The van der Waals surface area contributed by atoms with Crippen LogP contribution in [0.3, 0.4) is 0 Å². The maximum absolute atomic E-state index is 12.5. The second-order valence-corrected chi connectivity index (χ2v) is 8.22. The van der Waals surface area contributed by atoms with Crippen molar-refractivity contribution in [2.45, 2.75) is 24.1 Å². The van der Waals surface area contributed by atoms with Gasteiger partial charge in [0.1, 0.15) is 0 Å². The van der Waals surface area contributed by atoms with E-state index in [1.54, 1.807) is 0 Å². The molecule has 3 N–H and O–H groups in total. The summed E-state index contributed by atoms with van der Waals surface area (Å²) >= 11 is 5.77. The summed E-state index contributed by atoms with van der Waals surface area (Å²) in [7, 11) is -3.73. The molecule has 2 heterocycles. The van der Waals surface area contributed by atoms with Crippen molar-refractivity contribution in [3.05, 3.63) is 0 Å². The number of aromatic nitrogens is 2. The first-order chi connectivity index (χ1) is 9.80. The fourth-order valence-corrected chi connectivity index (χ4v) is 4.82. The number of nitrogens with one attached hydrogen (secondary N) is 1. The largest absolute Gasteiger partial charge is 0.393 e.